The Bertz CT molecular complexity index is 1220. The number of benzene rings is 2. The summed E-state index contributed by atoms with van der Waals surface area (Å²) in [5.41, 5.74) is 0.823. The van der Waals surface area contributed by atoms with Crippen LogP contribution in [0.25, 0.3) is 0 Å². The van der Waals surface area contributed by atoms with Crippen LogP contribution in [0.3, 0.4) is 0 Å². The number of carbonyl (C=O) groups excluding carboxylic acids is 4. The van der Waals surface area contributed by atoms with Crippen LogP contribution in [0.5, 0.6) is 5.75 Å². The Morgan fingerprint density at radius 2 is 1.60 bits per heavy atom. The molecule has 2 amide bonds. The van der Waals surface area contributed by atoms with Crippen LogP contribution in [0, 0.1) is 5.92 Å². The summed E-state index contributed by atoms with van der Waals surface area (Å²) < 4.78 is 16.0. The largest absolute Gasteiger partial charge is 0.497 e. The van der Waals surface area contributed by atoms with E-state index in [0.29, 0.717) is 45.1 Å². The molecule has 0 saturated carbocycles. The summed E-state index contributed by atoms with van der Waals surface area (Å²) in [6.07, 6.45) is 0.481. The van der Waals surface area contributed by atoms with Gasteiger partial charge in [-0.1, -0.05) is 42.5 Å². The van der Waals surface area contributed by atoms with Crippen molar-refractivity contribution in [3.05, 3.63) is 65.7 Å². The molecule has 2 unspecified atom stereocenters. The fourth-order valence-electron chi connectivity index (χ4n) is 5.02. The second-order valence-corrected chi connectivity index (χ2v) is 11.2. The number of hydrogen-bond acceptors (Lipinski definition) is 8. The molecule has 0 spiro atoms. The van der Waals surface area contributed by atoms with Crippen molar-refractivity contribution in [3.8, 4) is 5.75 Å². The Hall–Kier alpha value is -3.60. The molecule has 0 aliphatic carbocycles. The van der Waals surface area contributed by atoms with Crippen LogP contribution < -0.4 is 15.4 Å². The fourth-order valence-corrected chi connectivity index (χ4v) is 5.02. The van der Waals surface area contributed by atoms with E-state index in [4.69, 9.17) is 14.2 Å². The van der Waals surface area contributed by atoms with Crippen LogP contribution in [-0.4, -0.2) is 92.5 Å². The van der Waals surface area contributed by atoms with Gasteiger partial charge in [0.15, 0.2) is 11.6 Å². The lowest BCUT2D eigenvalue weighted by molar-refractivity contribution is -0.134. The number of nitrogens with one attached hydrogen (secondary N) is 2. The molecule has 2 saturated heterocycles. The summed E-state index contributed by atoms with van der Waals surface area (Å²) in [5.74, 6) is -1.19. The minimum atomic E-state index is -0.923. The molecular formula is C32H41N3O7. The van der Waals surface area contributed by atoms with Gasteiger partial charge in [-0.3, -0.25) is 24.1 Å². The summed E-state index contributed by atoms with van der Waals surface area (Å²) in [7, 11) is 1.58. The number of morpholine rings is 1. The number of methoxy groups -OCH3 is 1. The third-order valence-electron chi connectivity index (χ3n) is 7.81. The molecule has 42 heavy (non-hydrogen) atoms. The maximum absolute atomic E-state index is 13.8. The van der Waals surface area contributed by atoms with E-state index < -0.39 is 29.5 Å². The van der Waals surface area contributed by atoms with Crippen molar-refractivity contribution in [3.63, 3.8) is 0 Å². The van der Waals surface area contributed by atoms with E-state index in [1.807, 2.05) is 47.4 Å². The molecule has 0 aromatic heterocycles. The van der Waals surface area contributed by atoms with E-state index in [9.17, 15) is 19.2 Å². The zero-order valence-corrected chi connectivity index (χ0v) is 24.6. The highest BCUT2D eigenvalue weighted by molar-refractivity contribution is 5.98. The van der Waals surface area contributed by atoms with Gasteiger partial charge in [-0.15, -0.1) is 0 Å². The van der Waals surface area contributed by atoms with E-state index in [0.717, 1.165) is 11.1 Å². The second kappa shape index (κ2) is 14.5. The predicted octanol–water partition coefficient (Wildman–Crippen LogP) is 1.74. The van der Waals surface area contributed by atoms with E-state index in [-0.39, 0.29) is 36.9 Å². The van der Waals surface area contributed by atoms with Gasteiger partial charge in [-0.25, -0.2) is 0 Å². The molecular weight excluding hydrogens is 538 g/mol. The topological polar surface area (TPSA) is 127 Å². The summed E-state index contributed by atoms with van der Waals surface area (Å²) in [5, 5.41) is 5.72. The second-order valence-electron chi connectivity index (χ2n) is 11.2. The highest BCUT2D eigenvalue weighted by atomic mass is 16.6. The van der Waals surface area contributed by atoms with Gasteiger partial charge in [0.2, 0.25) is 11.8 Å². The molecule has 0 bridgehead atoms. The lowest BCUT2D eigenvalue weighted by Crippen LogP contribution is -2.50. The van der Waals surface area contributed by atoms with E-state index in [1.54, 1.807) is 33.1 Å². The smallest absolute Gasteiger partial charge is 0.234 e. The van der Waals surface area contributed by atoms with Crippen molar-refractivity contribution in [1.29, 1.82) is 0 Å². The van der Waals surface area contributed by atoms with Crippen LogP contribution in [0.1, 0.15) is 31.4 Å². The van der Waals surface area contributed by atoms with Crippen molar-refractivity contribution in [2.24, 2.45) is 5.92 Å². The highest BCUT2D eigenvalue weighted by Gasteiger charge is 2.50. The first kappa shape index (κ1) is 31.3. The molecule has 2 fully saturated rings. The average molecular weight is 580 g/mol. The molecule has 0 radical (unpaired) electrons. The molecule has 2 aromatic carbocycles. The van der Waals surface area contributed by atoms with Crippen molar-refractivity contribution in [1.82, 2.24) is 15.5 Å². The fraction of sp³-hybridized carbons (Fsp3) is 0.500. The quantitative estimate of drug-likeness (QED) is 0.306. The number of ether oxygens (including phenoxy) is 3. The molecule has 2 aliphatic heterocycles. The highest BCUT2D eigenvalue weighted by Crippen LogP contribution is 2.29. The monoisotopic (exact) mass is 579 g/mol. The minimum absolute atomic E-state index is 0.100. The van der Waals surface area contributed by atoms with Crippen molar-refractivity contribution >= 4 is 23.4 Å². The van der Waals surface area contributed by atoms with Crippen LogP contribution in [0.4, 0.5) is 0 Å². The van der Waals surface area contributed by atoms with Crippen LogP contribution in [-0.2, 0) is 41.5 Å². The third-order valence-corrected chi connectivity index (χ3v) is 7.81. The lowest BCUT2D eigenvalue weighted by Gasteiger charge is -2.27. The van der Waals surface area contributed by atoms with Gasteiger partial charge in [0.05, 0.1) is 45.6 Å². The molecule has 10 heteroatoms. The minimum Gasteiger partial charge on any atom is -0.497 e. The van der Waals surface area contributed by atoms with Crippen LogP contribution in [0.2, 0.25) is 0 Å². The van der Waals surface area contributed by atoms with Crippen molar-refractivity contribution in [2.75, 3.05) is 46.6 Å². The maximum atomic E-state index is 13.8. The third kappa shape index (κ3) is 8.95. The normalized spacial score (nSPS) is 20.5. The van der Waals surface area contributed by atoms with Crippen molar-refractivity contribution < 1.29 is 33.4 Å². The lowest BCUT2D eigenvalue weighted by atomic mass is 9.89. The van der Waals surface area contributed by atoms with Gasteiger partial charge in [-0.05, 0) is 49.9 Å². The van der Waals surface area contributed by atoms with Crippen LogP contribution in [0.15, 0.2) is 54.6 Å². The molecule has 2 aromatic rings. The van der Waals surface area contributed by atoms with E-state index in [2.05, 4.69) is 10.6 Å². The number of rotatable bonds is 15. The Morgan fingerprint density at radius 3 is 2.21 bits per heavy atom. The molecule has 2 heterocycles. The van der Waals surface area contributed by atoms with Gasteiger partial charge < -0.3 is 24.8 Å². The molecule has 4 atom stereocenters. The van der Waals surface area contributed by atoms with Gasteiger partial charge in [0.25, 0.3) is 0 Å². The zero-order valence-electron chi connectivity index (χ0n) is 24.6. The Kier molecular flexibility index (Phi) is 10.8. The number of hydrogen-bond donors (Lipinski definition) is 2. The average Bonchev–Trinajstić information content (AvgIpc) is 3.75. The summed E-state index contributed by atoms with van der Waals surface area (Å²) in [4.78, 5) is 55.0. The summed E-state index contributed by atoms with van der Waals surface area (Å²) >= 11 is 0. The van der Waals surface area contributed by atoms with Gasteiger partial charge in [0, 0.05) is 25.4 Å². The molecule has 2 aliphatic rings. The van der Waals surface area contributed by atoms with E-state index >= 15 is 0 Å². The SMILES string of the molecule is COc1ccc(CC(CC(=O)[C@H](C)NC(=O)CN2CCOCC2)C(=O)NC(Cc2ccccc2)C(=O)[C@@]2(C)CO2)cc1. The number of Topliss-reactive ketones (excluding diaryl/α,β-unsaturated/α-hetero) is 2. The molecule has 2 N–H and O–H groups in total. The molecule has 226 valence electrons. The summed E-state index contributed by atoms with van der Waals surface area (Å²) in [6, 6.07) is 15.2. The molecule has 10 nitrogen and oxygen atoms in total. The van der Waals surface area contributed by atoms with Gasteiger partial charge >= 0.3 is 0 Å². The van der Waals surface area contributed by atoms with E-state index in [1.165, 1.54) is 0 Å². The molecule has 4 rings (SSSR count). The number of epoxide rings is 1. The Morgan fingerprint density at radius 1 is 0.952 bits per heavy atom. The zero-order chi connectivity index (χ0) is 30.1. The number of nitrogens with zero attached hydrogens (tertiary/aromatic N) is 1. The van der Waals surface area contributed by atoms with Gasteiger partial charge in [-0.2, -0.15) is 0 Å². The number of amides is 2. The maximum Gasteiger partial charge on any atom is 0.234 e. The summed E-state index contributed by atoms with van der Waals surface area (Å²) in [6.45, 7) is 6.31. The number of ketones is 2. The first-order chi connectivity index (χ1) is 20.2. The standard InChI is InChI=1S/C32H41N3O7/c1-22(33-29(37)20-35-13-15-41-16-14-35)28(36)19-25(17-24-9-11-26(40-3)12-10-24)31(39)34-27(30(38)32(2)21-42-32)18-23-7-5-4-6-8-23/h4-12,22,25,27H,13-21H2,1-3H3,(H,33,37)(H,34,39)/t22-,25?,27?,32+/m0/s1. The van der Waals surface area contributed by atoms with Gasteiger partial charge in [0.1, 0.15) is 11.4 Å². The van der Waals surface area contributed by atoms with Crippen LogP contribution >= 0.6 is 0 Å². The number of carbonyl (C=O) groups is 4. The first-order valence-electron chi connectivity index (χ1n) is 14.4. The first-order valence-corrected chi connectivity index (χ1v) is 14.4. The van der Waals surface area contributed by atoms with Crippen molar-refractivity contribution in [2.45, 2.75) is 50.8 Å². The predicted molar refractivity (Wildman–Crippen MR) is 156 cm³/mol. The Balaban J connectivity index is 1.46. The Labute approximate surface area is 247 Å².